The lowest BCUT2D eigenvalue weighted by Crippen LogP contribution is -2.31. The second-order valence-electron chi connectivity index (χ2n) is 9.41. The summed E-state index contributed by atoms with van der Waals surface area (Å²) < 4.78 is 6.05. The number of amides is 2. The van der Waals surface area contributed by atoms with Crippen molar-refractivity contribution in [2.24, 2.45) is 0 Å². The van der Waals surface area contributed by atoms with E-state index in [4.69, 9.17) is 4.74 Å². The van der Waals surface area contributed by atoms with E-state index in [1.165, 1.54) is 19.4 Å². The Kier molecular flexibility index (Phi) is 6.36. The first kappa shape index (κ1) is 22.0. The predicted octanol–water partition coefficient (Wildman–Crippen LogP) is 4.68. The van der Waals surface area contributed by atoms with Crippen molar-refractivity contribution in [3.8, 4) is 5.75 Å². The number of carbonyl (C=O) groups is 2. The fourth-order valence-electron chi connectivity index (χ4n) is 5.33. The summed E-state index contributed by atoms with van der Waals surface area (Å²) in [5.74, 6) is 1.14. The van der Waals surface area contributed by atoms with E-state index < -0.39 is 0 Å². The molecular formula is C27H33N3O3. The molecule has 33 heavy (non-hydrogen) atoms. The molecule has 0 aliphatic carbocycles. The minimum atomic E-state index is 0.0981. The number of rotatable bonds is 7. The van der Waals surface area contributed by atoms with Gasteiger partial charge in [-0.2, -0.15) is 0 Å². The van der Waals surface area contributed by atoms with E-state index in [-0.39, 0.29) is 11.8 Å². The fourth-order valence-corrected chi connectivity index (χ4v) is 5.33. The van der Waals surface area contributed by atoms with Gasteiger partial charge in [0.25, 0.3) is 0 Å². The Morgan fingerprint density at radius 3 is 2.45 bits per heavy atom. The van der Waals surface area contributed by atoms with Gasteiger partial charge in [-0.25, -0.2) is 0 Å². The number of hydrogen-bond acceptors (Lipinski definition) is 4. The molecule has 5 rings (SSSR count). The SMILES string of the molecule is C[C@@H]1CCCN1CCCOc1ccc2c(c1)CCC(=O)N2c1ccc(N2CCCC2=O)cc1. The maximum Gasteiger partial charge on any atom is 0.231 e. The molecule has 2 aromatic carbocycles. The number of aryl methyl sites for hydroxylation is 1. The monoisotopic (exact) mass is 447 g/mol. The summed E-state index contributed by atoms with van der Waals surface area (Å²) in [5, 5.41) is 0. The quantitative estimate of drug-likeness (QED) is 0.579. The molecule has 0 unspecified atom stereocenters. The van der Waals surface area contributed by atoms with Crippen molar-refractivity contribution >= 4 is 28.9 Å². The van der Waals surface area contributed by atoms with Gasteiger partial charge in [0.1, 0.15) is 5.75 Å². The highest BCUT2D eigenvalue weighted by Gasteiger charge is 2.27. The molecule has 2 amide bonds. The van der Waals surface area contributed by atoms with Crippen LogP contribution < -0.4 is 14.5 Å². The molecule has 2 saturated heterocycles. The van der Waals surface area contributed by atoms with E-state index in [0.29, 0.717) is 25.5 Å². The molecule has 3 aliphatic rings. The van der Waals surface area contributed by atoms with Crippen LogP contribution >= 0.6 is 0 Å². The molecule has 1 atom stereocenters. The molecule has 2 fully saturated rings. The van der Waals surface area contributed by atoms with Gasteiger partial charge in [0.05, 0.1) is 12.3 Å². The molecule has 0 aromatic heterocycles. The molecule has 174 valence electrons. The van der Waals surface area contributed by atoms with Gasteiger partial charge in [-0.15, -0.1) is 0 Å². The lowest BCUT2D eigenvalue weighted by atomic mass is 10.00. The average Bonchev–Trinajstić information content (AvgIpc) is 3.44. The molecule has 6 heteroatoms. The van der Waals surface area contributed by atoms with Crippen LogP contribution in [0.25, 0.3) is 0 Å². The first-order valence-corrected chi connectivity index (χ1v) is 12.3. The summed E-state index contributed by atoms with van der Waals surface area (Å²) in [6.07, 6.45) is 6.37. The maximum atomic E-state index is 12.8. The van der Waals surface area contributed by atoms with Crippen molar-refractivity contribution in [2.45, 2.75) is 57.9 Å². The van der Waals surface area contributed by atoms with Crippen molar-refractivity contribution in [3.05, 3.63) is 48.0 Å². The number of fused-ring (bicyclic) bond motifs is 1. The van der Waals surface area contributed by atoms with Crippen LogP contribution in [0.5, 0.6) is 5.75 Å². The molecular weight excluding hydrogens is 414 g/mol. The largest absolute Gasteiger partial charge is 0.494 e. The molecule has 6 nitrogen and oxygen atoms in total. The predicted molar refractivity (Wildman–Crippen MR) is 130 cm³/mol. The van der Waals surface area contributed by atoms with Crippen LogP contribution in [0, 0.1) is 0 Å². The highest BCUT2D eigenvalue weighted by atomic mass is 16.5. The molecule has 0 N–H and O–H groups in total. The first-order valence-electron chi connectivity index (χ1n) is 12.3. The number of nitrogens with zero attached hydrogens (tertiary/aromatic N) is 3. The summed E-state index contributed by atoms with van der Waals surface area (Å²) in [7, 11) is 0. The molecule has 0 radical (unpaired) electrons. The Morgan fingerprint density at radius 2 is 1.73 bits per heavy atom. The second kappa shape index (κ2) is 9.56. The smallest absolute Gasteiger partial charge is 0.231 e. The van der Waals surface area contributed by atoms with Gasteiger partial charge in [0.2, 0.25) is 11.8 Å². The normalized spacial score (nSPS) is 21.1. The van der Waals surface area contributed by atoms with Gasteiger partial charge in [0.15, 0.2) is 0 Å². The molecule has 0 spiro atoms. The number of carbonyl (C=O) groups excluding carboxylic acids is 2. The molecule has 3 aliphatic heterocycles. The van der Waals surface area contributed by atoms with Crippen LogP contribution in [-0.4, -0.2) is 49.0 Å². The van der Waals surface area contributed by atoms with Crippen LogP contribution in [0.2, 0.25) is 0 Å². The van der Waals surface area contributed by atoms with Crippen LogP contribution in [-0.2, 0) is 16.0 Å². The van der Waals surface area contributed by atoms with Crippen molar-refractivity contribution < 1.29 is 14.3 Å². The number of benzene rings is 2. The first-order chi connectivity index (χ1) is 16.1. The van der Waals surface area contributed by atoms with E-state index in [2.05, 4.69) is 17.9 Å². The fraction of sp³-hybridized carbons (Fsp3) is 0.481. The summed E-state index contributed by atoms with van der Waals surface area (Å²) in [5.41, 5.74) is 3.80. The number of likely N-dealkylation sites (tertiary alicyclic amines) is 1. The molecule has 0 saturated carbocycles. The summed E-state index contributed by atoms with van der Waals surface area (Å²) in [6, 6.07) is 14.5. The van der Waals surface area contributed by atoms with Gasteiger partial charge in [-0.1, -0.05) is 0 Å². The zero-order chi connectivity index (χ0) is 22.8. The highest BCUT2D eigenvalue weighted by molar-refractivity contribution is 6.03. The Morgan fingerprint density at radius 1 is 0.909 bits per heavy atom. The minimum Gasteiger partial charge on any atom is -0.494 e. The zero-order valence-electron chi connectivity index (χ0n) is 19.5. The molecule has 3 heterocycles. The number of hydrogen-bond donors (Lipinski definition) is 0. The van der Waals surface area contributed by atoms with Gasteiger partial charge in [-0.3, -0.25) is 14.5 Å². The Labute approximate surface area is 196 Å². The number of ether oxygens (including phenoxy) is 1. The Balaban J connectivity index is 1.25. The molecule has 2 aromatic rings. The zero-order valence-corrected chi connectivity index (χ0v) is 19.5. The van der Waals surface area contributed by atoms with Crippen LogP contribution in [0.1, 0.15) is 51.0 Å². The third-order valence-electron chi connectivity index (χ3n) is 7.19. The topological polar surface area (TPSA) is 53.1 Å². The Bertz CT molecular complexity index is 1020. The van der Waals surface area contributed by atoms with Crippen molar-refractivity contribution in [2.75, 3.05) is 36.0 Å². The Hall–Kier alpha value is -2.86. The second-order valence-corrected chi connectivity index (χ2v) is 9.41. The van der Waals surface area contributed by atoms with E-state index in [9.17, 15) is 9.59 Å². The summed E-state index contributed by atoms with van der Waals surface area (Å²) in [4.78, 5) is 31.0. The third-order valence-corrected chi connectivity index (χ3v) is 7.19. The summed E-state index contributed by atoms with van der Waals surface area (Å²) >= 11 is 0. The van der Waals surface area contributed by atoms with Gasteiger partial charge < -0.3 is 14.5 Å². The van der Waals surface area contributed by atoms with Crippen molar-refractivity contribution in [3.63, 3.8) is 0 Å². The van der Waals surface area contributed by atoms with Crippen LogP contribution in [0.15, 0.2) is 42.5 Å². The summed E-state index contributed by atoms with van der Waals surface area (Å²) in [6.45, 7) is 6.08. The van der Waals surface area contributed by atoms with Gasteiger partial charge in [-0.05, 0) is 93.6 Å². The lowest BCUT2D eigenvalue weighted by Gasteiger charge is -2.30. The minimum absolute atomic E-state index is 0.0981. The van der Waals surface area contributed by atoms with Gasteiger partial charge >= 0.3 is 0 Å². The highest BCUT2D eigenvalue weighted by Crippen LogP contribution is 2.37. The number of anilines is 3. The van der Waals surface area contributed by atoms with E-state index in [1.807, 2.05) is 41.3 Å². The van der Waals surface area contributed by atoms with Crippen LogP contribution in [0.4, 0.5) is 17.1 Å². The lowest BCUT2D eigenvalue weighted by molar-refractivity contribution is -0.118. The standard InChI is InChI=1S/C27H33N3O3/c1-20-5-2-15-28(20)16-4-18-33-24-12-13-25-21(19-24)7-14-27(32)30(25)23-10-8-22(9-11-23)29-17-3-6-26(29)31/h8-13,19-20H,2-7,14-18H2,1H3/t20-/m1/s1. The maximum absolute atomic E-state index is 12.8. The van der Waals surface area contributed by atoms with E-state index in [0.717, 1.165) is 60.7 Å². The van der Waals surface area contributed by atoms with Crippen molar-refractivity contribution in [1.82, 2.24) is 4.90 Å². The van der Waals surface area contributed by atoms with Crippen molar-refractivity contribution in [1.29, 1.82) is 0 Å². The van der Waals surface area contributed by atoms with E-state index in [1.54, 1.807) is 4.90 Å². The third kappa shape index (κ3) is 4.62. The van der Waals surface area contributed by atoms with E-state index >= 15 is 0 Å². The average molecular weight is 448 g/mol. The molecule has 0 bridgehead atoms. The van der Waals surface area contributed by atoms with Crippen LogP contribution in [0.3, 0.4) is 0 Å². The van der Waals surface area contributed by atoms with Gasteiger partial charge in [0, 0.05) is 43.3 Å².